The number of aryl methyl sites for hydroxylation is 2. The van der Waals surface area contributed by atoms with Gasteiger partial charge >= 0.3 is 11.5 Å². The second kappa shape index (κ2) is 5.95. The summed E-state index contributed by atoms with van der Waals surface area (Å²) in [5.41, 5.74) is 3.22. The highest BCUT2D eigenvalue weighted by atomic mass is 16.2. The minimum atomic E-state index is -0.397. The molecule has 0 saturated heterocycles. The SMILES string of the molecule is Cn1c(=O)c2c(-c3ccccn3)[n+]3c(nc2n(C)c1=O)-c1ccccc1CC3. The molecule has 4 aromatic rings. The van der Waals surface area contributed by atoms with E-state index in [1.54, 1.807) is 13.2 Å². The normalized spacial score (nSPS) is 12.6. The zero-order valence-corrected chi connectivity index (χ0v) is 15.6. The van der Waals surface area contributed by atoms with Gasteiger partial charge in [-0.1, -0.05) is 24.3 Å². The van der Waals surface area contributed by atoms with Crippen LogP contribution in [0.25, 0.3) is 33.8 Å². The van der Waals surface area contributed by atoms with Crippen molar-refractivity contribution in [3.8, 4) is 22.8 Å². The summed E-state index contributed by atoms with van der Waals surface area (Å²) >= 11 is 0. The number of hydrogen-bond donors (Lipinski definition) is 0. The van der Waals surface area contributed by atoms with Crippen molar-refractivity contribution in [1.29, 1.82) is 0 Å². The summed E-state index contributed by atoms with van der Waals surface area (Å²) in [6.07, 6.45) is 2.55. The van der Waals surface area contributed by atoms with E-state index in [2.05, 4.69) is 15.6 Å². The topological polar surface area (TPSA) is 73.7 Å². The summed E-state index contributed by atoms with van der Waals surface area (Å²) in [5.74, 6) is 0.748. The van der Waals surface area contributed by atoms with Crippen molar-refractivity contribution in [2.75, 3.05) is 0 Å². The van der Waals surface area contributed by atoms with Crippen molar-refractivity contribution in [2.45, 2.75) is 13.0 Å². The quantitative estimate of drug-likeness (QED) is 0.471. The van der Waals surface area contributed by atoms with Crippen LogP contribution in [0.1, 0.15) is 5.56 Å². The van der Waals surface area contributed by atoms with Crippen molar-refractivity contribution in [3.05, 3.63) is 75.1 Å². The molecule has 0 radical (unpaired) electrons. The maximum Gasteiger partial charge on any atom is 0.333 e. The molecule has 4 heterocycles. The van der Waals surface area contributed by atoms with E-state index >= 15 is 0 Å². The summed E-state index contributed by atoms with van der Waals surface area (Å²) in [4.78, 5) is 34.9. The summed E-state index contributed by atoms with van der Waals surface area (Å²) in [6.45, 7) is 0.688. The largest absolute Gasteiger partial charge is 0.333 e. The van der Waals surface area contributed by atoms with Gasteiger partial charge in [0.05, 0.1) is 12.1 Å². The van der Waals surface area contributed by atoms with Gasteiger partial charge in [0.25, 0.3) is 11.2 Å². The fourth-order valence-electron chi connectivity index (χ4n) is 3.95. The Morgan fingerprint density at radius 3 is 2.57 bits per heavy atom. The molecule has 0 amide bonds. The predicted octanol–water partition coefficient (Wildman–Crippen LogP) is 1.20. The third-order valence-electron chi connectivity index (χ3n) is 5.38. The second-order valence-electron chi connectivity index (χ2n) is 6.96. The van der Waals surface area contributed by atoms with Crippen LogP contribution in [0.5, 0.6) is 0 Å². The van der Waals surface area contributed by atoms with Crippen LogP contribution in [0.2, 0.25) is 0 Å². The highest BCUT2D eigenvalue weighted by molar-refractivity contribution is 5.88. The van der Waals surface area contributed by atoms with E-state index < -0.39 is 5.69 Å². The molecule has 138 valence electrons. The van der Waals surface area contributed by atoms with Crippen molar-refractivity contribution in [3.63, 3.8) is 0 Å². The van der Waals surface area contributed by atoms with E-state index in [-0.39, 0.29) is 5.56 Å². The fraction of sp³-hybridized carbons (Fsp3) is 0.190. The van der Waals surface area contributed by atoms with E-state index in [0.29, 0.717) is 29.0 Å². The summed E-state index contributed by atoms with van der Waals surface area (Å²) in [7, 11) is 3.14. The van der Waals surface area contributed by atoms with E-state index in [1.807, 2.05) is 36.4 Å². The van der Waals surface area contributed by atoms with Crippen LogP contribution in [0, 0.1) is 0 Å². The molecule has 28 heavy (non-hydrogen) atoms. The Hall–Kier alpha value is -3.61. The summed E-state index contributed by atoms with van der Waals surface area (Å²) < 4.78 is 4.61. The van der Waals surface area contributed by atoms with Crippen LogP contribution in [0.4, 0.5) is 0 Å². The molecule has 5 rings (SSSR count). The first-order chi connectivity index (χ1) is 13.6. The smallest absolute Gasteiger partial charge is 0.268 e. The van der Waals surface area contributed by atoms with E-state index in [4.69, 9.17) is 4.98 Å². The zero-order valence-electron chi connectivity index (χ0n) is 15.6. The molecule has 7 nitrogen and oxygen atoms in total. The lowest BCUT2D eigenvalue weighted by molar-refractivity contribution is -0.678. The number of nitrogens with zero attached hydrogens (tertiary/aromatic N) is 5. The van der Waals surface area contributed by atoms with Gasteiger partial charge in [-0.3, -0.25) is 18.9 Å². The number of aromatic nitrogens is 5. The molecular formula is C21H18N5O2+. The van der Waals surface area contributed by atoms with Crippen LogP contribution in [-0.2, 0) is 27.1 Å². The Balaban J connectivity index is 2.05. The zero-order chi connectivity index (χ0) is 19.4. The minimum absolute atomic E-state index is 0.361. The van der Waals surface area contributed by atoms with E-state index in [0.717, 1.165) is 22.4 Å². The van der Waals surface area contributed by atoms with Crippen LogP contribution in [0.15, 0.2) is 58.3 Å². The molecule has 0 saturated carbocycles. The molecule has 1 aliphatic heterocycles. The number of hydrogen-bond acceptors (Lipinski definition) is 4. The van der Waals surface area contributed by atoms with Gasteiger partial charge in [0.1, 0.15) is 5.69 Å². The first kappa shape index (κ1) is 16.6. The Morgan fingerprint density at radius 2 is 1.79 bits per heavy atom. The molecule has 0 fully saturated rings. The Kier molecular flexibility index (Phi) is 3.52. The van der Waals surface area contributed by atoms with Crippen LogP contribution in [0.3, 0.4) is 0 Å². The molecule has 7 heteroatoms. The Morgan fingerprint density at radius 1 is 1.00 bits per heavy atom. The number of fused-ring (bicyclic) bond motifs is 4. The van der Waals surface area contributed by atoms with Gasteiger partial charge in [0.15, 0.2) is 11.1 Å². The average molecular weight is 372 g/mol. The third-order valence-corrected chi connectivity index (χ3v) is 5.38. The molecule has 0 atom stereocenters. The first-order valence-electron chi connectivity index (χ1n) is 9.11. The van der Waals surface area contributed by atoms with Gasteiger partial charge in [-0.05, 0) is 28.7 Å². The molecule has 0 bridgehead atoms. The third kappa shape index (κ3) is 2.19. The van der Waals surface area contributed by atoms with Crippen LogP contribution < -0.4 is 15.8 Å². The molecule has 0 unspecified atom stereocenters. The average Bonchev–Trinajstić information content (AvgIpc) is 2.75. The van der Waals surface area contributed by atoms with E-state index in [9.17, 15) is 9.59 Å². The second-order valence-corrected chi connectivity index (χ2v) is 6.96. The van der Waals surface area contributed by atoms with Gasteiger partial charge in [-0.2, -0.15) is 0 Å². The lowest BCUT2D eigenvalue weighted by Crippen LogP contribution is -2.47. The molecule has 1 aliphatic rings. The maximum absolute atomic E-state index is 13.1. The highest BCUT2D eigenvalue weighted by Crippen LogP contribution is 2.28. The van der Waals surface area contributed by atoms with Gasteiger partial charge < -0.3 is 0 Å². The molecular weight excluding hydrogens is 354 g/mol. The van der Waals surface area contributed by atoms with Gasteiger partial charge in [0, 0.05) is 26.7 Å². The number of pyridine rings is 1. The fourth-order valence-corrected chi connectivity index (χ4v) is 3.95. The standard InChI is InChI=1S/C21H18N5O2/c1-24-19-16(20(27)25(2)21(24)28)17(15-9-5-6-11-22-15)26-12-10-13-7-3-4-8-14(13)18(26)23-19/h3-9,11H,10,12H2,1-2H3/q+1. The van der Waals surface area contributed by atoms with E-state index in [1.165, 1.54) is 17.2 Å². The summed E-state index contributed by atoms with van der Waals surface area (Å²) in [5, 5.41) is 0.409. The maximum atomic E-state index is 13.1. The van der Waals surface area contributed by atoms with Crippen LogP contribution >= 0.6 is 0 Å². The summed E-state index contributed by atoms with van der Waals surface area (Å²) in [6, 6.07) is 13.7. The van der Waals surface area contributed by atoms with Crippen molar-refractivity contribution < 1.29 is 4.57 Å². The van der Waals surface area contributed by atoms with Gasteiger partial charge in [0.2, 0.25) is 0 Å². The lowest BCUT2D eigenvalue weighted by atomic mass is 9.99. The molecule has 0 spiro atoms. The molecule has 0 aliphatic carbocycles. The number of benzene rings is 1. The Labute approximate surface area is 160 Å². The van der Waals surface area contributed by atoms with Gasteiger partial charge in [-0.15, -0.1) is 0 Å². The number of rotatable bonds is 1. The van der Waals surface area contributed by atoms with Crippen molar-refractivity contribution >= 4 is 11.0 Å². The minimum Gasteiger partial charge on any atom is -0.268 e. The lowest BCUT2D eigenvalue weighted by Gasteiger charge is -2.18. The molecule has 0 N–H and O–H groups in total. The monoisotopic (exact) mass is 372 g/mol. The first-order valence-corrected chi connectivity index (χ1v) is 9.11. The molecule has 3 aromatic heterocycles. The highest BCUT2D eigenvalue weighted by Gasteiger charge is 2.33. The molecule has 1 aromatic carbocycles. The van der Waals surface area contributed by atoms with Crippen molar-refractivity contribution in [1.82, 2.24) is 19.1 Å². The van der Waals surface area contributed by atoms with Crippen LogP contribution in [-0.4, -0.2) is 19.1 Å². The van der Waals surface area contributed by atoms with Gasteiger partial charge in [-0.25, -0.2) is 9.36 Å². The Bertz CT molecular complexity index is 1370. The van der Waals surface area contributed by atoms with Crippen molar-refractivity contribution in [2.24, 2.45) is 14.1 Å². The predicted molar refractivity (Wildman–Crippen MR) is 105 cm³/mol.